The molecule has 0 radical (unpaired) electrons. The molecule has 1 aromatic rings. The molecule has 0 N–H and O–H groups in total. The highest BCUT2D eigenvalue weighted by Crippen LogP contribution is 2.23. The number of methoxy groups -OCH3 is 1. The van der Waals surface area contributed by atoms with E-state index in [0.717, 1.165) is 6.42 Å². The smallest absolute Gasteiger partial charge is 0.337 e. The van der Waals surface area contributed by atoms with Crippen molar-refractivity contribution in [1.29, 1.82) is 0 Å². The molecule has 1 aromatic carbocycles. The maximum Gasteiger partial charge on any atom is 0.337 e. The van der Waals surface area contributed by atoms with E-state index < -0.39 is 12.0 Å². The van der Waals surface area contributed by atoms with Gasteiger partial charge < -0.3 is 4.74 Å². The number of hydrogen-bond donors (Lipinski definition) is 0. The third-order valence-electron chi connectivity index (χ3n) is 2.86. The third kappa shape index (κ3) is 4.21. The van der Waals surface area contributed by atoms with Gasteiger partial charge in [0.2, 0.25) is 6.04 Å². The molecule has 0 spiro atoms. The lowest BCUT2D eigenvalue weighted by molar-refractivity contribution is -0.530. The van der Waals surface area contributed by atoms with Gasteiger partial charge in [0.05, 0.1) is 12.7 Å². The van der Waals surface area contributed by atoms with Gasteiger partial charge in [-0.05, 0) is 25.0 Å². The summed E-state index contributed by atoms with van der Waals surface area (Å²) in [5, 5.41) is 11.1. The highest BCUT2D eigenvalue weighted by atomic mass is 16.6. The van der Waals surface area contributed by atoms with E-state index in [4.69, 9.17) is 0 Å². The molecule has 0 saturated heterocycles. The van der Waals surface area contributed by atoms with Crippen LogP contribution in [-0.2, 0) is 4.74 Å². The summed E-state index contributed by atoms with van der Waals surface area (Å²) < 4.78 is 4.58. The number of allylic oxidation sites excluding steroid dienone is 1. The van der Waals surface area contributed by atoms with Crippen molar-refractivity contribution in [2.24, 2.45) is 0 Å². The Hall–Kier alpha value is -2.17. The van der Waals surface area contributed by atoms with Gasteiger partial charge in [-0.1, -0.05) is 18.2 Å². The van der Waals surface area contributed by atoms with Crippen LogP contribution in [0.4, 0.5) is 0 Å². The van der Waals surface area contributed by atoms with Crippen LogP contribution in [0, 0.1) is 10.1 Å². The SMILES string of the molecule is C=CCCCC(c1ccc(C(=O)OC)cc1)[N+](=O)[O-]. The summed E-state index contributed by atoms with van der Waals surface area (Å²) in [5.74, 6) is -0.448. The molecule has 0 aliphatic rings. The van der Waals surface area contributed by atoms with Gasteiger partial charge in [0.15, 0.2) is 0 Å². The van der Waals surface area contributed by atoms with Crippen LogP contribution < -0.4 is 0 Å². The Morgan fingerprint density at radius 3 is 2.58 bits per heavy atom. The molecule has 0 bridgehead atoms. The number of nitro groups is 1. The zero-order valence-corrected chi connectivity index (χ0v) is 10.9. The number of ether oxygens (including phenoxy) is 1. The summed E-state index contributed by atoms with van der Waals surface area (Å²) in [4.78, 5) is 22.0. The number of benzene rings is 1. The maximum atomic E-state index is 11.3. The molecule has 0 saturated carbocycles. The lowest BCUT2D eigenvalue weighted by Gasteiger charge is -2.09. The second-order valence-electron chi connectivity index (χ2n) is 4.13. The number of unbranched alkanes of at least 4 members (excludes halogenated alkanes) is 1. The van der Waals surface area contributed by atoms with Gasteiger partial charge in [-0.2, -0.15) is 0 Å². The fourth-order valence-electron chi connectivity index (χ4n) is 1.81. The van der Waals surface area contributed by atoms with Crippen LogP contribution in [0.5, 0.6) is 0 Å². The maximum absolute atomic E-state index is 11.3. The van der Waals surface area contributed by atoms with Gasteiger partial charge in [-0.3, -0.25) is 10.1 Å². The molecule has 1 rings (SSSR count). The van der Waals surface area contributed by atoms with Crippen molar-refractivity contribution in [3.63, 3.8) is 0 Å². The number of carbonyl (C=O) groups excluding carboxylic acids is 1. The van der Waals surface area contributed by atoms with Crippen molar-refractivity contribution in [3.05, 3.63) is 58.2 Å². The molecular weight excluding hydrogens is 246 g/mol. The predicted octanol–water partition coefficient (Wildman–Crippen LogP) is 3.15. The molecule has 0 fully saturated rings. The van der Waals surface area contributed by atoms with Crippen molar-refractivity contribution in [2.75, 3.05) is 7.11 Å². The fraction of sp³-hybridized carbons (Fsp3) is 0.357. The zero-order chi connectivity index (χ0) is 14.3. The molecule has 5 nitrogen and oxygen atoms in total. The highest BCUT2D eigenvalue weighted by Gasteiger charge is 2.22. The Morgan fingerprint density at radius 1 is 1.47 bits per heavy atom. The van der Waals surface area contributed by atoms with Crippen LogP contribution in [0.2, 0.25) is 0 Å². The van der Waals surface area contributed by atoms with E-state index in [1.54, 1.807) is 30.3 Å². The first kappa shape index (κ1) is 14.9. The van der Waals surface area contributed by atoms with Crippen molar-refractivity contribution < 1.29 is 14.5 Å². The second-order valence-corrected chi connectivity index (χ2v) is 4.13. The van der Waals surface area contributed by atoms with Crippen LogP contribution in [0.25, 0.3) is 0 Å². The summed E-state index contributed by atoms with van der Waals surface area (Å²) in [5.41, 5.74) is 0.987. The highest BCUT2D eigenvalue weighted by molar-refractivity contribution is 5.89. The quantitative estimate of drug-likeness (QED) is 0.249. The molecule has 1 atom stereocenters. The second kappa shape index (κ2) is 7.31. The average Bonchev–Trinajstić information content (AvgIpc) is 2.42. The van der Waals surface area contributed by atoms with Crippen LogP contribution >= 0.6 is 0 Å². The topological polar surface area (TPSA) is 69.4 Å². The van der Waals surface area contributed by atoms with E-state index in [9.17, 15) is 14.9 Å². The van der Waals surface area contributed by atoms with Crippen LogP contribution in [0.1, 0.15) is 41.2 Å². The van der Waals surface area contributed by atoms with Gasteiger partial charge in [0, 0.05) is 16.9 Å². The number of hydrogen-bond acceptors (Lipinski definition) is 4. The van der Waals surface area contributed by atoms with Gasteiger partial charge in [-0.25, -0.2) is 4.79 Å². The first-order valence-electron chi connectivity index (χ1n) is 6.02. The van der Waals surface area contributed by atoms with Crippen molar-refractivity contribution in [2.45, 2.75) is 25.3 Å². The molecule has 0 heterocycles. The zero-order valence-electron chi connectivity index (χ0n) is 10.9. The summed E-state index contributed by atoms with van der Waals surface area (Å²) in [6.45, 7) is 3.59. The van der Waals surface area contributed by atoms with E-state index in [2.05, 4.69) is 11.3 Å². The minimum absolute atomic E-state index is 0.295. The Balaban J connectivity index is 2.82. The van der Waals surface area contributed by atoms with E-state index in [1.165, 1.54) is 7.11 Å². The molecule has 0 amide bonds. The molecule has 0 aromatic heterocycles. The standard InChI is InChI=1S/C14H17NO4/c1-3-4-5-6-13(15(17)18)11-7-9-12(10-8-11)14(16)19-2/h3,7-10,13H,1,4-6H2,2H3. The van der Waals surface area contributed by atoms with Gasteiger partial charge in [0.25, 0.3) is 0 Å². The van der Waals surface area contributed by atoms with Gasteiger partial charge >= 0.3 is 5.97 Å². The minimum Gasteiger partial charge on any atom is -0.465 e. The van der Waals surface area contributed by atoms with Crippen molar-refractivity contribution >= 4 is 5.97 Å². The number of rotatable bonds is 7. The summed E-state index contributed by atoms with van der Waals surface area (Å²) >= 11 is 0. The number of nitrogens with zero attached hydrogens (tertiary/aromatic N) is 1. The third-order valence-corrected chi connectivity index (χ3v) is 2.86. The Bertz CT molecular complexity index is 453. The lowest BCUT2D eigenvalue weighted by Crippen LogP contribution is -2.11. The molecule has 5 heteroatoms. The largest absolute Gasteiger partial charge is 0.465 e. The van der Waals surface area contributed by atoms with Crippen molar-refractivity contribution in [1.82, 2.24) is 0 Å². The predicted molar refractivity (Wildman–Crippen MR) is 71.6 cm³/mol. The van der Waals surface area contributed by atoms with Gasteiger partial charge in [0.1, 0.15) is 0 Å². The fourth-order valence-corrected chi connectivity index (χ4v) is 1.81. The molecule has 1 unspecified atom stereocenters. The summed E-state index contributed by atoms with van der Waals surface area (Å²) in [6.07, 6.45) is 3.67. The summed E-state index contributed by atoms with van der Waals surface area (Å²) in [7, 11) is 1.30. The monoisotopic (exact) mass is 263 g/mol. The molecule has 19 heavy (non-hydrogen) atoms. The van der Waals surface area contributed by atoms with Gasteiger partial charge in [-0.15, -0.1) is 6.58 Å². The molecular formula is C14H17NO4. The minimum atomic E-state index is -0.744. The van der Waals surface area contributed by atoms with Crippen LogP contribution in [-0.4, -0.2) is 18.0 Å². The van der Waals surface area contributed by atoms with E-state index in [1.807, 2.05) is 0 Å². The number of carbonyl (C=O) groups is 1. The van der Waals surface area contributed by atoms with E-state index in [-0.39, 0.29) is 4.92 Å². The molecule has 0 aliphatic heterocycles. The van der Waals surface area contributed by atoms with Crippen molar-refractivity contribution in [3.8, 4) is 0 Å². The first-order valence-corrected chi connectivity index (χ1v) is 6.02. The van der Waals surface area contributed by atoms with Crippen LogP contribution in [0.15, 0.2) is 36.9 Å². The van der Waals surface area contributed by atoms with E-state index in [0.29, 0.717) is 24.0 Å². The molecule has 102 valence electrons. The Labute approximate surface area is 112 Å². The Kier molecular flexibility index (Phi) is 5.73. The normalized spacial score (nSPS) is 11.6. The van der Waals surface area contributed by atoms with E-state index >= 15 is 0 Å². The molecule has 0 aliphatic carbocycles. The lowest BCUT2D eigenvalue weighted by atomic mass is 10.0. The average molecular weight is 263 g/mol. The first-order chi connectivity index (χ1) is 9.10. The van der Waals surface area contributed by atoms with Crippen LogP contribution in [0.3, 0.4) is 0 Å². The summed E-state index contributed by atoms with van der Waals surface area (Å²) in [6, 6.07) is 5.56. The number of esters is 1. The Morgan fingerprint density at radius 2 is 2.11 bits per heavy atom.